The summed E-state index contributed by atoms with van der Waals surface area (Å²) in [6, 6.07) is 28.0. The summed E-state index contributed by atoms with van der Waals surface area (Å²) >= 11 is 0. The van der Waals surface area contributed by atoms with Gasteiger partial charge < -0.3 is 5.11 Å². The van der Waals surface area contributed by atoms with E-state index in [4.69, 9.17) is 0 Å². The molecule has 5 rings (SSSR count). The second kappa shape index (κ2) is 6.74. The van der Waals surface area contributed by atoms with Gasteiger partial charge in [0, 0.05) is 13.1 Å². The zero-order valence-corrected chi connectivity index (χ0v) is 17.3. The van der Waals surface area contributed by atoms with Crippen molar-refractivity contribution in [2.45, 2.75) is 44.2 Å². The number of aromatic hydroxyl groups is 1. The van der Waals surface area contributed by atoms with Crippen LogP contribution in [0.5, 0.6) is 5.75 Å². The first-order valence-corrected chi connectivity index (χ1v) is 10.7. The van der Waals surface area contributed by atoms with E-state index in [1.807, 2.05) is 12.1 Å². The van der Waals surface area contributed by atoms with Gasteiger partial charge in [0.15, 0.2) is 0 Å². The number of likely N-dealkylation sites (tertiary alicyclic amines) is 1. The lowest BCUT2D eigenvalue weighted by Gasteiger charge is -2.62. The van der Waals surface area contributed by atoms with Gasteiger partial charge in [0.25, 0.3) is 0 Å². The minimum Gasteiger partial charge on any atom is -0.508 e. The third-order valence-corrected chi connectivity index (χ3v) is 7.80. The number of piperidine rings is 1. The molecule has 0 amide bonds. The van der Waals surface area contributed by atoms with Gasteiger partial charge in [-0.2, -0.15) is 0 Å². The molecule has 3 aromatic carbocycles. The Morgan fingerprint density at radius 3 is 2.38 bits per heavy atom. The van der Waals surface area contributed by atoms with Crippen molar-refractivity contribution >= 4 is 0 Å². The molecule has 148 valence electrons. The quantitative estimate of drug-likeness (QED) is 0.632. The average Bonchev–Trinajstić information content (AvgIpc) is 2.75. The Labute approximate surface area is 173 Å². The van der Waals surface area contributed by atoms with Crippen LogP contribution in [0.2, 0.25) is 0 Å². The summed E-state index contributed by atoms with van der Waals surface area (Å²) in [5, 5.41) is 10.2. The highest BCUT2D eigenvalue weighted by Gasteiger charge is 2.57. The van der Waals surface area contributed by atoms with Crippen LogP contribution in [-0.4, -0.2) is 16.6 Å². The van der Waals surface area contributed by atoms with Crippen LogP contribution in [0.3, 0.4) is 0 Å². The van der Waals surface area contributed by atoms with Crippen molar-refractivity contribution in [2.24, 2.45) is 5.92 Å². The molecule has 1 fully saturated rings. The fourth-order valence-electron chi connectivity index (χ4n) is 6.04. The zero-order chi connectivity index (χ0) is 20.1. The van der Waals surface area contributed by atoms with E-state index < -0.39 is 0 Å². The van der Waals surface area contributed by atoms with Crippen molar-refractivity contribution in [3.8, 4) is 5.75 Å². The van der Waals surface area contributed by atoms with Crippen LogP contribution < -0.4 is 0 Å². The molecule has 2 nitrogen and oxygen atoms in total. The number of rotatable bonds is 3. The molecule has 1 aliphatic heterocycles. The second-order valence-corrected chi connectivity index (χ2v) is 9.10. The lowest BCUT2D eigenvalue weighted by molar-refractivity contribution is -0.0636. The molecule has 1 N–H and O–H groups in total. The van der Waals surface area contributed by atoms with E-state index in [0.717, 1.165) is 25.9 Å². The SMILES string of the molecule is C[C@@H]1[C@@]2(C)CCN(Cc3ccccc3)[C@@]1(c1ccccc1)Cc1ccc(O)cc12. The van der Waals surface area contributed by atoms with Crippen LogP contribution in [0, 0.1) is 5.92 Å². The third kappa shape index (κ3) is 2.73. The Morgan fingerprint density at radius 2 is 1.66 bits per heavy atom. The predicted octanol–water partition coefficient (Wildman–Crippen LogP) is 5.64. The normalized spacial score (nSPS) is 28.7. The summed E-state index contributed by atoms with van der Waals surface area (Å²) in [4.78, 5) is 2.72. The van der Waals surface area contributed by atoms with Gasteiger partial charge in [-0.05, 0) is 58.6 Å². The number of phenols is 1. The highest BCUT2D eigenvalue weighted by Crippen LogP contribution is 2.58. The van der Waals surface area contributed by atoms with E-state index in [2.05, 4.69) is 85.5 Å². The van der Waals surface area contributed by atoms with Gasteiger partial charge in [-0.3, -0.25) is 4.90 Å². The van der Waals surface area contributed by atoms with Crippen molar-refractivity contribution in [3.05, 3.63) is 101 Å². The van der Waals surface area contributed by atoms with E-state index in [1.54, 1.807) is 0 Å². The van der Waals surface area contributed by atoms with Crippen LogP contribution in [0.1, 0.15) is 42.5 Å². The molecular formula is C27H29NO. The first kappa shape index (κ1) is 18.4. The maximum Gasteiger partial charge on any atom is 0.115 e. The minimum atomic E-state index is -0.0475. The molecule has 0 unspecified atom stereocenters. The molecule has 0 aromatic heterocycles. The third-order valence-electron chi connectivity index (χ3n) is 7.80. The van der Waals surface area contributed by atoms with E-state index in [0.29, 0.717) is 11.7 Å². The zero-order valence-electron chi connectivity index (χ0n) is 17.3. The molecule has 2 aliphatic rings. The lowest BCUT2D eigenvalue weighted by atomic mass is 9.52. The van der Waals surface area contributed by atoms with E-state index in [9.17, 15) is 5.11 Å². The van der Waals surface area contributed by atoms with Gasteiger partial charge in [0.1, 0.15) is 5.75 Å². The monoisotopic (exact) mass is 383 g/mol. The fourth-order valence-corrected chi connectivity index (χ4v) is 6.04. The Hall–Kier alpha value is -2.58. The summed E-state index contributed by atoms with van der Waals surface area (Å²) in [5.74, 6) is 0.820. The number of nitrogens with zero attached hydrogens (tertiary/aromatic N) is 1. The Kier molecular flexibility index (Phi) is 4.29. The summed E-state index contributed by atoms with van der Waals surface area (Å²) < 4.78 is 0. The molecule has 2 heteroatoms. The number of phenolic OH excluding ortho intramolecular Hbond substituents is 1. The van der Waals surface area contributed by atoms with E-state index >= 15 is 0 Å². The Balaban J connectivity index is 1.69. The second-order valence-electron chi connectivity index (χ2n) is 9.10. The van der Waals surface area contributed by atoms with Gasteiger partial charge in [-0.15, -0.1) is 0 Å². The van der Waals surface area contributed by atoms with E-state index in [-0.39, 0.29) is 11.0 Å². The highest BCUT2D eigenvalue weighted by molar-refractivity contribution is 5.48. The summed E-state index contributed by atoms with van der Waals surface area (Å²) in [5.41, 5.74) is 5.51. The van der Waals surface area contributed by atoms with Gasteiger partial charge in [-0.1, -0.05) is 80.6 Å². The maximum atomic E-state index is 10.2. The van der Waals surface area contributed by atoms with Gasteiger partial charge in [-0.25, -0.2) is 0 Å². The highest BCUT2D eigenvalue weighted by atomic mass is 16.3. The standard InChI is InChI=1S/C27H29NO/c1-20-26(2)15-16-28(19-21-9-5-3-6-10-21)27(20,23-11-7-4-8-12-23)18-22-13-14-24(29)17-25(22)26/h3-14,17,20,29H,15-16,18-19H2,1-2H3/t20-,26-,27+/m1/s1. The van der Waals surface area contributed by atoms with Crippen LogP contribution in [-0.2, 0) is 23.9 Å². The summed E-state index contributed by atoms with van der Waals surface area (Å²) in [6.07, 6.45) is 2.09. The molecule has 0 saturated carbocycles. The van der Waals surface area contributed by atoms with Crippen LogP contribution in [0.4, 0.5) is 0 Å². The first-order valence-electron chi connectivity index (χ1n) is 10.7. The molecule has 1 aliphatic carbocycles. The summed E-state index contributed by atoms with van der Waals surface area (Å²) in [6.45, 7) is 6.85. The number of hydrogen-bond donors (Lipinski definition) is 1. The predicted molar refractivity (Wildman–Crippen MR) is 118 cm³/mol. The first-order chi connectivity index (χ1) is 14.0. The van der Waals surface area contributed by atoms with Crippen molar-refractivity contribution in [2.75, 3.05) is 6.54 Å². The Bertz CT molecular complexity index is 1020. The molecule has 3 atom stereocenters. The molecular weight excluding hydrogens is 354 g/mol. The molecule has 0 radical (unpaired) electrons. The fraction of sp³-hybridized carbons (Fsp3) is 0.333. The molecule has 1 heterocycles. The number of fused-ring (bicyclic) bond motifs is 4. The topological polar surface area (TPSA) is 23.5 Å². The molecule has 3 aromatic rings. The average molecular weight is 384 g/mol. The van der Waals surface area contributed by atoms with Crippen molar-refractivity contribution < 1.29 is 5.11 Å². The van der Waals surface area contributed by atoms with Crippen LogP contribution in [0.15, 0.2) is 78.9 Å². The molecule has 2 bridgehead atoms. The van der Waals surface area contributed by atoms with Crippen LogP contribution in [0.25, 0.3) is 0 Å². The van der Waals surface area contributed by atoms with Crippen molar-refractivity contribution in [1.29, 1.82) is 0 Å². The van der Waals surface area contributed by atoms with Gasteiger partial charge >= 0.3 is 0 Å². The van der Waals surface area contributed by atoms with Gasteiger partial charge in [0.2, 0.25) is 0 Å². The molecule has 0 spiro atoms. The summed E-state index contributed by atoms with van der Waals surface area (Å²) in [7, 11) is 0. The van der Waals surface area contributed by atoms with Crippen molar-refractivity contribution in [3.63, 3.8) is 0 Å². The van der Waals surface area contributed by atoms with E-state index in [1.165, 1.54) is 22.3 Å². The minimum absolute atomic E-state index is 0.0475. The smallest absolute Gasteiger partial charge is 0.115 e. The van der Waals surface area contributed by atoms with Crippen LogP contribution >= 0.6 is 0 Å². The number of hydrogen-bond acceptors (Lipinski definition) is 2. The maximum absolute atomic E-state index is 10.2. The molecule has 29 heavy (non-hydrogen) atoms. The lowest BCUT2D eigenvalue weighted by Crippen LogP contribution is -2.64. The largest absolute Gasteiger partial charge is 0.508 e. The Morgan fingerprint density at radius 1 is 0.966 bits per heavy atom. The number of benzene rings is 3. The molecule has 1 saturated heterocycles. The van der Waals surface area contributed by atoms with Crippen molar-refractivity contribution in [1.82, 2.24) is 4.90 Å². The van der Waals surface area contributed by atoms with Gasteiger partial charge in [0.05, 0.1) is 5.54 Å².